The fourth-order valence-electron chi connectivity index (χ4n) is 5.09. The minimum atomic E-state index is -0.629. The van der Waals surface area contributed by atoms with E-state index in [9.17, 15) is 14.4 Å². The molecule has 9 heteroatoms. The van der Waals surface area contributed by atoms with Gasteiger partial charge in [0.2, 0.25) is 17.7 Å². The Kier molecular flexibility index (Phi) is 12.5. The lowest BCUT2D eigenvalue weighted by atomic mass is 9.95. The van der Waals surface area contributed by atoms with Gasteiger partial charge >= 0.3 is 0 Å². The second-order valence-corrected chi connectivity index (χ2v) is 11.5. The highest BCUT2D eigenvalue weighted by atomic mass is 16.2. The molecule has 1 fully saturated rings. The molecule has 0 aliphatic carbocycles. The summed E-state index contributed by atoms with van der Waals surface area (Å²) in [5, 5.41) is 6.06. The van der Waals surface area contributed by atoms with E-state index in [2.05, 4.69) is 34.4 Å². The second-order valence-electron chi connectivity index (χ2n) is 11.5. The maximum atomic E-state index is 13.7. The van der Waals surface area contributed by atoms with Gasteiger partial charge in [-0.3, -0.25) is 19.3 Å². The van der Waals surface area contributed by atoms with Gasteiger partial charge in [-0.25, -0.2) is 4.98 Å². The predicted molar refractivity (Wildman–Crippen MR) is 151 cm³/mol. The molecule has 1 aromatic heterocycles. The van der Waals surface area contributed by atoms with Crippen LogP contribution in [0.4, 0.5) is 0 Å². The Labute approximate surface area is 229 Å². The van der Waals surface area contributed by atoms with E-state index in [4.69, 9.17) is 0 Å². The van der Waals surface area contributed by atoms with E-state index in [1.807, 2.05) is 44.5 Å². The Morgan fingerprint density at radius 1 is 1.11 bits per heavy atom. The molecule has 3 unspecified atom stereocenters. The fraction of sp³-hybridized carbons (Fsp3) is 0.724. The van der Waals surface area contributed by atoms with Crippen molar-refractivity contribution >= 4 is 17.7 Å². The van der Waals surface area contributed by atoms with E-state index in [0.29, 0.717) is 12.1 Å². The molecule has 3 amide bonds. The van der Waals surface area contributed by atoms with Crippen molar-refractivity contribution in [3.8, 4) is 0 Å². The molecule has 0 aromatic carbocycles. The van der Waals surface area contributed by atoms with Gasteiger partial charge in [-0.1, -0.05) is 40.2 Å². The first kappa shape index (κ1) is 31.5. The third-order valence-corrected chi connectivity index (χ3v) is 7.44. The second kappa shape index (κ2) is 15.0. The number of amides is 3. The lowest BCUT2D eigenvalue weighted by Gasteiger charge is -2.39. The fourth-order valence-corrected chi connectivity index (χ4v) is 5.09. The third kappa shape index (κ3) is 8.96. The summed E-state index contributed by atoms with van der Waals surface area (Å²) in [5.74, 6) is -0.319. The molecule has 1 aromatic rings. The van der Waals surface area contributed by atoms with Crippen molar-refractivity contribution in [2.45, 2.75) is 105 Å². The molecule has 2 heterocycles. The van der Waals surface area contributed by atoms with Crippen LogP contribution in [0.2, 0.25) is 0 Å². The number of likely N-dealkylation sites (N-methyl/N-ethyl adjacent to an activating group) is 1. The Morgan fingerprint density at radius 2 is 1.82 bits per heavy atom. The maximum absolute atomic E-state index is 13.7. The number of aryl methyl sites for hydroxylation is 1. The summed E-state index contributed by atoms with van der Waals surface area (Å²) in [6.45, 7) is 16.2. The molecule has 38 heavy (non-hydrogen) atoms. The average molecular weight is 531 g/mol. The first-order chi connectivity index (χ1) is 17.9. The molecule has 9 nitrogen and oxygen atoms in total. The van der Waals surface area contributed by atoms with Crippen LogP contribution in [0.1, 0.15) is 74.1 Å². The molecule has 214 valence electrons. The molecule has 3 atom stereocenters. The number of hydrogen-bond donors (Lipinski definition) is 2. The number of hydrogen-bond acceptors (Lipinski definition) is 5. The van der Waals surface area contributed by atoms with Gasteiger partial charge in [0, 0.05) is 44.1 Å². The van der Waals surface area contributed by atoms with E-state index in [1.165, 1.54) is 0 Å². The predicted octanol–water partition coefficient (Wildman–Crippen LogP) is 3.22. The van der Waals surface area contributed by atoms with Gasteiger partial charge in [-0.05, 0) is 58.4 Å². The summed E-state index contributed by atoms with van der Waals surface area (Å²) in [6, 6.07) is -0.837. The molecule has 2 N–H and O–H groups in total. The number of rotatable bonds is 13. The molecule has 1 saturated heterocycles. The molecule has 0 saturated carbocycles. The standard InChI is InChI=1S/C29H50N6O3/c1-20(2)25(18-23(7)27(36)31-13-11-15-34-17-14-30-19-34)33(8)29(38)26(21(3)4)32-28(37)24-12-9-10-16-35(24)22(5)6/h14,17-22,24-26H,9-13,15-16H2,1-8H3,(H,31,36)(H,32,37)/b23-18+. The zero-order valence-corrected chi connectivity index (χ0v) is 24.7. The number of imidazole rings is 1. The first-order valence-corrected chi connectivity index (χ1v) is 14.2. The summed E-state index contributed by atoms with van der Waals surface area (Å²) >= 11 is 0. The van der Waals surface area contributed by atoms with Gasteiger partial charge < -0.3 is 20.1 Å². The van der Waals surface area contributed by atoms with Gasteiger partial charge in [0.15, 0.2) is 0 Å². The molecule has 0 radical (unpaired) electrons. The summed E-state index contributed by atoms with van der Waals surface area (Å²) in [4.78, 5) is 47.7. The Morgan fingerprint density at radius 3 is 2.39 bits per heavy atom. The zero-order valence-electron chi connectivity index (χ0n) is 24.7. The van der Waals surface area contributed by atoms with Gasteiger partial charge in [0.1, 0.15) is 6.04 Å². The quantitative estimate of drug-likeness (QED) is 0.301. The number of nitrogens with zero attached hydrogens (tertiary/aromatic N) is 4. The van der Waals surface area contributed by atoms with Crippen LogP contribution in [0.25, 0.3) is 0 Å². The lowest BCUT2D eigenvalue weighted by Crippen LogP contribution is -2.58. The van der Waals surface area contributed by atoms with Crippen LogP contribution in [-0.2, 0) is 20.9 Å². The van der Waals surface area contributed by atoms with Crippen LogP contribution >= 0.6 is 0 Å². The average Bonchev–Trinajstić information content (AvgIpc) is 3.40. The molecule has 0 spiro atoms. The highest BCUT2D eigenvalue weighted by Crippen LogP contribution is 2.21. The molecule has 1 aliphatic rings. The minimum Gasteiger partial charge on any atom is -0.352 e. The highest BCUT2D eigenvalue weighted by Gasteiger charge is 2.36. The topological polar surface area (TPSA) is 99.6 Å². The molecular weight excluding hydrogens is 480 g/mol. The number of aromatic nitrogens is 2. The van der Waals surface area contributed by atoms with Crippen molar-refractivity contribution in [2.24, 2.45) is 11.8 Å². The molecular formula is C29H50N6O3. The monoisotopic (exact) mass is 530 g/mol. The van der Waals surface area contributed by atoms with Crippen molar-refractivity contribution in [1.82, 2.24) is 30.0 Å². The van der Waals surface area contributed by atoms with Crippen LogP contribution in [0, 0.1) is 11.8 Å². The van der Waals surface area contributed by atoms with Gasteiger partial charge in [-0.2, -0.15) is 0 Å². The van der Waals surface area contributed by atoms with Crippen LogP contribution in [0.5, 0.6) is 0 Å². The maximum Gasteiger partial charge on any atom is 0.246 e. The number of likely N-dealkylation sites (tertiary alicyclic amines) is 1. The minimum absolute atomic E-state index is 0.0678. The highest BCUT2D eigenvalue weighted by molar-refractivity contribution is 5.93. The SMILES string of the molecule is C/C(=C\C(C(C)C)N(C)C(=O)C(NC(=O)C1CCCCN1C(C)C)C(C)C)C(=O)NCCCn1ccnc1. The Bertz CT molecular complexity index is 925. The van der Waals surface area contributed by atoms with Crippen LogP contribution in [-0.4, -0.2) is 81.4 Å². The number of carbonyl (C=O) groups is 3. The number of piperidine rings is 1. The van der Waals surface area contributed by atoms with E-state index in [-0.39, 0.29) is 47.7 Å². The lowest BCUT2D eigenvalue weighted by molar-refractivity contribution is -0.140. The van der Waals surface area contributed by atoms with Crippen molar-refractivity contribution in [3.63, 3.8) is 0 Å². The smallest absolute Gasteiger partial charge is 0.246 e. The van der Waals surface area contributed by atoms with Crippen molar-refractivity contribution < 1.29 is 14.4 Å². The van der Waals surface area contributed by atoms with E-state index < -0.39 is 6.04 Å². The van der Waals surface area contributed by atoms with E-state index in [0.717, 1.165) is 38.8 Å². The van der Waals surface area contributed by atoms with Crippen LogP contribution in [0.3, 0.4) is 0 Å². The van der Waals surface area contributed by atoms with Crippen LogP contribution in [0.15, 0.2) is 30.4 Å². The summed E-state index contributed by atoms with van der Waals surface area (Å²) in [6.07, 6.45) is 11.0. The Hall–Kier alpha value is -2.68. The largest absolute Gasteiger partial charge is 0.352 e. The first-order valence-electron chi connectivity index (χ1n) is 14.2. The third-order valence-electron chi connectivity index (χ3n) is 7.44. The van der Waals surface area contributed by atoms with Gasteiger partial charge in [-0.15, -0.1) is 0 Å². The van der Waals surface area contributed by atoms with Crippen molar-refractivity contribution in [1.29, 1.82) is 0 Å². The Balaban J connectivity index is 2.05. The molecule has 1 aliphatic heterocycles. The normalized spacial score (nSPS) is 18.5. The summed E-state index contributed by atoms with van der Waals surface area (Å²) in [5.41, 5.74) is 0.575. The number of carbonyl (C=O) groups excluding carboxylic acids is 3. The van der Waals surface area contributed by atoms with Crippen molar-refractivity contribution in [3.05, 3.63) is 30.4 Å². The molecule has 0 bridgehead atoms. The summed E-state index contributed by atoms with van der Waals surface area (Å²) < 4.78 is 1.97. The van der Waals surface area contributed by atoms with Gasteiger partial charge in [0.25, 0.3) is 0 Å². The van der Waals surface area contributed by atoms with E-state index >= 15 is 0 Å². The zero-order chi connectivity index (χ0) is 28.4. The summed E-state index contributed by atoms with van der Waals surface area (Å²) in [7, 11) is 1.77. The van der Waals surface area contributed by atoms with E-state index in [1.54, 1.807) is 31.4 Å². The van der Waals surface area contributed by atoms with Gasteiger partial charge in [0.05, 0.1) is 18.4 Å². The van der Waals surface area contributed by atoms with Crippen molar-refractivity contribution in [2.75, 3.05) is 20.1 Å². The van der Waals surface area contributed by atoms with Crippen LogP contribution < -0.4 is 10.6 Å². The molecule has 2 rings (SSSR count). The number of nitrogens with one attached hydrogen (secondary N) is 2.